The Kier molecular flexibility index (Phi) is 6.73. The highest BCUT2D eigenvalue weighted by atomic mass is 35.5. The number of halogens is 1. The van der Waals surface area contributed by atoms with Crippen LogP contribution in [0.2, 0.25) is 5.02 Å². The van der Waals surface area contributed by atoms with Crippen molar-refractivity contribution in [2.75, 3.05) is 43.5 Å². The van der Waals surface area contributed by atoms with Crippen LogP contribution in [-0.4, -0.2) is 64.9 Å². The summed E-state index contributed by atoms with van der Waals surface area (Å²) in [5, 5.41) is 19.4. The minimum Gasteiger partial charge on any atom is -0.391 e. The van der Waals surface area contributed by atoms with E-state index >= 15 is 0 Å². The first-order chi connectivity index (χ1) is 14.6. The molecule has 30 heavy (non-hydrogen) atoms. The molecule has 4 heterocycles. The fourth-order valence-corrected chi connectivity index (χ4v) is 3.84. The maximum Gasteiger partial charge on any atom is 0.232 e. The number of amides is 1. The molecule has 2 aromatic rings. The first-order valence-corrected chi connectivity index (χ1v) is 10.5. The zero-order valence-corrected chi connectivity index (χ0v) is 17.2. The Labute approximate surface area is 179 Å². The lowest BCUT2D eigenvalue weighted by atomic mass is 10.0. The topological polar surface area (TPSA) is 121 Å². The molecule has 2 aliphatic heterocycles. The van der Waals surface area contributed by atoms with Gasteiger partial charge in [-0.15, -0.1) is 0 Å². The van der Waals surface area contributed by atoms with Gasteiger partial charge < -0.3 is 25.8 Å². The van der Waals surface area contributed by atoms with Gasteiger partial charge in [-0.25, -0.2) is 9.97 Å². The number of ether oxygens (including phenoxy) is 1. The van der Waals surface area contributed by atoms with Crippen molar-refractivity contribution in [1.82, 2.24) is 20.3 Å². The van der Waals surface area contributed by atoms with Gasteiger partial charge in [0, 0.05) is 44.6 Å². The summed E-state index contributed by atoms with van der Waals surface area (Å²) < 4.78 is 5.40. The highest BCUT2D eigenvalue weighted by Crippen LogP contribution is 2.28. The number of rotatable bonds is 6. The molecule has 1 amide bonds. The summed E-state index contributed by atoms with van der Waals surface area (Å²) in [6.45, 7) is 3.24. The lowest BCUT2D eigenvalue weighted by molar-refractivity contribution is -0.121. The van der Waals surface area contributed by atoms with Crippen LogP contribution < -0.4 is 16.0 Å². The van der Waals surface area contributed by atoms with Crippen LogP contribution in [-0.2, 0) is 9.53 Å². The van der Waals surface area contributed by atoms with E-state index in [0.29, 0.717) is 46.9 Å². The smallest absolute Gasteiger partial charge is 0.232 e. The largest absolute Gasteiger partial charge is 0.391 e. The Morgan fingerprint density at radius 3 is 2.83 bits per heavy atom. The molecule has 2 saturated heterocycles. The summed E-state index contributed by atoms with van der Waals surface area (Å²) in [5.74, 6) is 0.768. The first kappa shape index (κ1) is 20.9. The van der Waals surface area contributed by atoms with Crippen LogP contribution in [0.25, 0.3) is 11.3 Å². The van der Waals surface area contributed by atoms with Crippen LogP contribution in [0.3, 0.4) is 0 Å². The fraction of sp³-hybridized carbons (Fsp3) is 0.500. The normalized spacial score (nSPS) is 22.1. The van der Waals surface area contributed by atoms with E-state index in [0.717, 1.165) is 32.6 Å². The molecule has 0 radical (unpaired) electrons. The van der Waals surface area contributed by atoms with Crippen molar-refractivity contribution in [3.05, 3.63) is 29.7 Å². The summed E-state index contributed by atoms with van der Waals surface area (Å²) in [5.41, 5.74) is 1.20. The number of nitrogens with one attached hydrogen (secondary N) is 3. The van der Waals surface area contributed by atoms with Gasteiger partial charge in [0.2, 0.25) is 5.91 Å². The number of hydrogen-bond donors (Lipinski definition) is 4. The zero-order valence-electron chi connectivity index (χ0n) is 16.5. The SMILES string of the molecule is O=C(Nc1cc(-c2cncc(NCC3CCOCC3)n2)c(Cl)cn1)[C@H]1CNC[C@H]1O. The molecule has 0 saturated carbocycles. The highest BCUT2D eigenvalue weighted by molar-refractivity contribution is 6.33. The standard InChI is InChI=1S/C20H25ClN6O3/c21-15-8-25-18(27-20(29)14-7-22-10-17(14)28)5-13(15)16-9-23-11-19(26-16)24-6-12-1-3-30-4-2-12/h5,8-9,11-12,14,17,22,28H,1-4,6-7,10H2,(H,24,26)(H,25,27,29)/t14-,17+/m0/s1. The predicted molar refractivity (Wildman–Crippen MR) is 113 cm³/mol. The Morgan fingerprint density at radius 2 is 2.07 bits per heavy atom. The van der Waals surface area contributed by atoms with Crippen LogP contribution >= 0.6 is 11.6 Å². The molecule has 0 bridgehead atoms. The Hall–Kier alpha value is -2.33. The third kappa shape index (κ3) is 5.04. The Morgan fingerprint density at radius 1 is 1.23 bits per heavy atom. The second kappa shape index (κ2) is 9.65. The van der Waals surface area contributed by atoms with Crippen LogP contribution in [0.4, 0.5) is 11.6 Å². The molecular formula is C20H25ClN6O3. The molecule has 4 rings (SSSR count). The van der Waals surface area contributed by atoms with E-state index in [9.17, 15) is 9.90 Å². The van der Waals surface area contributed by atoms with Gasteiger partial charge >= 0.3 is 0 Å². The highest BCUT2D eigenvalue weighted by Gasteiger charge is 2.31. The molecule has 2 aromatic heterocycles. The van der Waals surface area contributed by atoms with E-state index in [1.807, 2.05) is 0 Å². The second-order valence-electron chi connectivity index (χ2n) is 7.60. The number of aliphatic hydroxyl groups excluding tert-OH is 1. The molecule has 4 N–H and O–H groups in total. The number of aromatic nitrogens is 3. The second-order valence-corrected chi connectivity index (χ2v) is 8.00. The Balaban J connectivity index is 1.46. The molecule has 2 fully saturated rings. The van der Waals surface area contributed by atoms with Gasteiger partial charge in [0.05, 0.1) is 35.1 Å². The lowest BCUT2D eigenvalue weighted by Crippen LogP contribution is -2.31. The van der Waals surface area contributed by atoms with E-state index in [2.05, 4.69) is 30.9 Å². The van der Waals surface area contributed by atoms with Crippen molar-refractivity contribution >= 4 is 29.1 Å². The van der Waals surface area contributed by atoms with Gasteiger partial charge in [0.1, 0.15) is 11.6 Å². The number of pyridine rings is 1. The molecule has 0 aromatic carbocycles. The summed E-state index contributed by atoms with van der Waals surface area (Å²) in [4.78, 5) is 25.5. The summed E-state index contributed by atoms with van der Waals surface area (Å²) in [6, 6.07) is 1.67. The maximum absolute atomic E-state index is 12.4. The van der Waals surface area contributed by atoms with E-state index in [1.54, 1.807) is 18.5 Å². The van der Waals surface area contributed by atoms with Gasteiger partial charge in [-0.1, -0.05) is 11.6 Å². The summed E-state index contributed by atoms with van der Waals surface area (Å²) in [6.07, 6.45) is 6.13. The third-order valence-corrected chi connectivity index (χ3v) is 5.75. The first-order valence-electron chi connectivity index (χ1n) is 10.1. The number of hydrogen-bond acceptors (Lipinski definition) is 8. The molecular weight excluding hydrogens is 408 g/mol. The van der Waals surface area contributed by atoms with Crippen LogP contribution in [0, 0.1) is 11.8 Å². The average Bonchev–Trinajstić information content (AvgIpc) is 3.20. The number of nitrogens with zero attached hydrogens (tertiary/aromatic N) is 3. The van der Waals surface area contributed by atoms with Crippen LogP contribution in [0.5, 0.6) is 0 Å². The quantitative estimate of drug-likeness (QED) is 0.542. The minimum absolute atomic E-state index is 0.286. The monoisotopic (exact) mass is 432 g/mol. The summed E-state index contributed by atoms with van der Waals surface area (Å²) >= 11 is 6.34. The van der Waals surface area contributed by atoms with Crippen molar-refractivity contribution in [1.29, 1.82) is 0 Å². The van der Waals surface area contributed by atoms with E-state index in [4.69, 9.17) is 16.3 Å². The van der Waals surface area contributed by atoms with Gasteiger partial charge in [0.25, 0.3) is 0 Å². The number of β-amino-alcohol motifs (C(OH)–C–C–N with tert-alkyl or cyclic N) is 1. The van der Waals surface area contributed by atoms with Gasteiger partial charge in [-0.05, 0) is 24.8 Å². The number of carbonyl (C=O) groups is 1. The molecule has 9 nitrogen and oxygen atoms in total. The molecule has 0 unspecified atom stereocenters. The van der Waals surface area contributed by atoms with E-state index < -0.39 is 12.0 Å². The van der Waals surface area contributed by atoms with Crippen molar-refractivity contribution in [3.8, 4) is 11.3 Å². The van der Waals surface area contributed by atoms with Crippen molar-refractivity contribution in [2.24, 2.45) is 11.8 Å². The van der Waals surface area contributed by atoms with Gasteiger partial charge in [0.15, 0.2) is 0 Å². The molecule has 160 valence electrons. The number of carbonyl (C=O) groups excluding carboxylic acids is 1. The summed E-state index contributed by atoms with van der Waals surface area (Å²) in [7, 11) is 0. The molecule has 2 atom stereocenters. The van der Waals surface area contributed by atoms with Crippen LogP contribution in [0.1, 0.15) is 12.8 Å². The van der Waals surface area contributed by atoms with Crippen molar-refractivity contribution in [3.63, 3.8) is 0 Å². The van der Waals surface area contributed by atoms with Crippen molar-refractivity contribution in [2.45, 2.75) is 18.9 Å². The lowest BCUT2D eigenvalue weighted by Gasteiger charge is -2.22. The average molecular weight is 433 g/mol. The number of aliphatic hydroxyl groups is 1. The minimum atomic E-state index is -0.707. The maximum atomic E-state index is 12.4. The predicted octanol–water partition coefficient (Wildman–Crippen LogP) is 1.55. The molecule has 2 aliphatic rings. The fourth-order valence-electron chi connectivity index (χ4n) is 3.64. The van der Waals surface area contributed by atoms with Crippen molar-refractivity contribution < 1.29 is 14.6 Å². The Bertz CT molecular complexity index is 893. The van der Waals surface area contributed by atoms with E-state index in [1.165, 1.54) is 6.20 Å². The zero-order chi connectivity index (χ0) is 20.9. The molecule has 0 spiro atoms. The molecule has 10 heteroatoms. The third-order valence-electron chi connectivity index (χ3n) is 5.45. The van der Waals surface area contributed by atoms with E-state index in [-0.39, 0.29) is 5.91 Å². The van der Waals surface area contributed by atoms with Gasteiger partial charge in [-0.2, -0.15) is 0 Å². The number of anilines is 2. The van der Waals surface area contributed by atoms with Crippen LogP contribution in [0.15, 0.2) is 24.7 Å². The van der Waals surface area contributed by atoms with Gasteiger partial charge in [-0.3, -0.25) is 9.78 Å². The molecule has 0 aliphatic carbocycles.